The highest BCUT2D eigenvalue weighted by Crippen LogP contribution is 2.41. The van der Waals surface area contributed by atoms with Crippen LogP contribution in [-0.4, -0.2) is 101 Å². The van der Waals surface area contributed by atoms with E-state index in [-0.39, 0.29) is 43.7 Å². The van der Waals surface area contributed by atoms with Gasteiger partial charge < -0.3 is 24.3 Å². The Bertz CT molecular complexity index is 2730. The number of methoxy groups -OCH3 is 1. The van der Waals surface area contributed by atoms with Crippen LogP contribution < -0.4 is 15.5 Å². The van der Waals surface area contributed by atoms with E-state index >= 15 is 0 Å². The van der Waals surface area contributed by atoms with Crippen LogP contribution in [-0.2, 0) is 49.7 Å². The molecular weight excluding hydrogens is 857 g/mol. The molecule has 0 spiro atoms. The number of esters is 1. The fourth-order valence-electron chi connectivity index (χ4n) is 9.62. The number of aliphatic imine (C=N–C) groups is 2. The molecule has 0 saturated carbocycles. The van der Waals surface area contributed by atoms with Crippen molar-refractivity contribution in [1.29, 1.82) is 0 Å². The van der Waals surface area contributed by atoms with Gasteiger partial charge in [0.15, 0.2) is 0 Å². The zero-order valence-electron chi connectivity index (χ0n) is 41.0. The van der Waals surface area contributed by atoms with Crippen LogP contribution in [0.3, 0.4) is 0 Å². The molecule has 2 N–H and O–H groups in total. The van der Waals surface area contributed by atoms with E-state index in [2.05, 4.69) is 100 Å². The minimum atomic E-state index is -1.04. The smallest absolute Gasteiger partial charge is 0.324 e. The first-order chi connectivity index (χ1) is 32.6. The third kappa shape index (κ3) is 10.9. The number of likely N-dealkylation sites (N-methyl/N-ethyl adjacent to an activating group) is 1. The second kappa shape index (κ2) is 21.5. The molecule has 3 aromatic carbocycles. The predicted octanol–water partition coefficient (Wildman–Crippen LogP) is 8.30. The molecule has 0 aliphatic carbocycles. The van der Waals surface area contributed by atoms with E-state index in [4.69, 9.17) is 9.47 Å². The summed E-state index contributed by atoms with van der Waals surface area (Å²) in [6, 6.07) is 22.3. The highest BCUT2D eigenvalue weighted by molar-refractivity contribution is 5.96. The Hall–Kier alpha value is -6.63. The SMILES string of the molecule is CCc1ccncc1-c1c2c3cc(ccc3n1CC)-c1cccc(c1)C[C@H](NC(=O)[C@H](C(C)C)N(C)C(=O)CCN=C=Nc1c(C)cccc1OC)C(=O)N1CCC[C@H](N1)C(=O)OCC(C)(C)C2. The van der Waals surface area contributed by atoms with Gasteiger partial charge in [0.05, 0.1) is 32.0 Å². The van der Waals surface area contributed by atoms with Gasteiger partial charge in [0.25, 0.3) is 5.91 Å². The largest absolute Gasteiger partial charge is 0.494 e. The summed E-state index contributed by atoms with van der Waals surface area (Å²) in [5, 5.41) is 5.62. The number of fused-ring (bicyclic) bond motifs is 6. The molecule has 6 bridgehead atoms. The maximum absolute atomic E-state index is 14.7. The topological polar surface area (TPSA) is 160 Å². The molecule has 4 heterocycles. The standard InChI is InChI=1S/C54H66N8O6/c1-10-37-22-24-55-31-42(37)50-41-30-54(6,7)32-68-53(66)43-18-14-26-62(59-43)52(65)44(28-36-16-13-17-38(27-36)39-20-21-45(40(41)29-39)61(50)11-2)58-51(64)49(34(3)4)60(8)47(63)23-25-56-33-57-48-35(5)15-12-19-46(48)67-9/h12-13,15-17,19-22,24,27,29,31,34,43-44,49,59H,10-11,14,18,23,25-26,28,30,32H2,1-9H3,(H,58,64)/t43-,44-,49-/m0/s1. The number of ether oxygens (including phenoxy) is 2. The average molecular weight is 923 g/mol. The first-order valence-electron chi connectivity index (χ1n) is 23.9. The number of hydrogen-bond acceptors (Lipinski definition) is 10. The van der Waals surface area contributed by atoms with Gasteiger partial charge in [-0.15, -0.1) is 0 Å². The summed E-state index contributed by atoms with van der Waals surface area (Å²) in [6.45, 7) is 15.6. The summed E-state index contributed by atoms with van der Waals surface area (Å²) in [5.41, 5.74) is 12.7. The Morgan fingerprint density at radius 3 is 2.60 bits per heavy atom. The minimum Gasteiger partial charge on any atom is -0.494 e. The van der Waals surface area contributed by atoms with Gasteiger partial charge in [0, 0.05) is 67.3 Å². The molecule has 5 aromatic rings. The quantitative estimate of drug-likeness (QED) is 0.0935. The highest BCUT2D eigenvalue weighted by atomic mass is 16.5. The molecule has 3 amide bonds. The molecule has 14 heteroatoms. The molecule has 1 fully saturated rings. The van der Waals surface area contributed by atoms with Gasteiger partial charge in [0.2, 0.25) is 11.8 Å². The van der Waals surface area contributed by atoms with Gasteiger partial charge in [-0.25, -0.2) is 10.4 Å². The second-order valence-corrected chi connectivity index (χ2v) is 19.1. The number of aryl methyl sites for hydroxylation is 3. The second-order valence-electron chi connectivity index (χ2n) is 19.1. The van der Waals surface area contributed by atoms with Gasteiger partial charge in [-0.3, -0.25) is 29.2 Å². The van der Waals surface area contributed by atoms with E-state index in [1.54, 1.807) is 20.2 Å². The van der Waals surface area contributed by atoms with Crippen molar-refractivity contribution in [3.05, 3.63) is 101 Å². The van der Waals surface area contributed by atoms with Crippen LogP contribution in [0.4, 0.5) is 5.69 Å². The molecular formula is C54H66N8O6. The zero-order valence-corrected chi connectivity index (χ0v) is 41.0. The fraction of sp³-hybridized carbons (Fsp3) is 0.444. The zero-order chi connectivity index (χ0) is 48.7. The molecule has 358 valence electrons. The van der Waals surface area contributed by atoms with E-state index in [1.807, 2.05) is 57.4 Å². The van der Waals surface area contributed by atoms with Crippen molar-refractivity contribution < 1.29 is 28.7 Å². The maximum atomic E-state index is 14.7. The van der Waals surface area contributed by atoms with Crippen molar-refractivity contribution in [3.63, 3.8) is 0 Å². The van der Waals surface area contributed by atoms with Gasteiger partial charge in [-0.2, -0.15) is 4.99 Å². The Kier molecular flexibility index (Phi) is 15.6. The van der Waals surface area contributed by atoms with Crippen LogP contribution >= 0.6 is 0 Å². The molecule has 1 saturated heterocycles. The Morgan fingerprint density at radius 2 is 1.85 bits per heavy atom. The summed E-state index contributed by atoms with van der Waals surface area (Å²) in [6.07, 6.45) is 6.51. The maximum Gasteiger partial charge on any atom is 0.324 e. The third-order valence-corrected chi connectivity index (χ3v) is 13.1. The number of carbonyl (C=O) groups is 4. The van der Waals surface area contributed by atoms with Crippen molar-refractivity contribution in [2.45, 2.75) is 112 Å². The molecule has 14 nitrogen and oxygen atoms in total. The summed E-state index contributed by atoms with van der Waals surface area (Å²) >= 11 is 0. The number of rotatable bonds is 12. The molecule has 3 atom stereocenters. The first-order valence-corrected chi connectivity index (χ1v) is 23.9. The summed E-state index contributed by atoms with van der Waals surface area (Å²) in [4.78, 5) is 71.2. The van der Waals surface area contributed by atoms with Crippen molar-refractivity contribution >= 4 is 46.3 Å². The van der Waals surface area contributed by atoms with Crippen LogP contribution in [0.25, 0.3) is 33.3 Å². The monoisotopic (exact) mass is 923 g/mol. The molecule has 0 unspecified atom stereocenters. The van der Waals surface area contributed by atoms with Crippen LogP contribution in [0, 0.1) is 18.3 Å². The average Bonchev–Trinajstić information content (AvgIpc) is 3.63. The van der Waals surface area contributed by atoms with Gasteiger partial charge in [-0.1, -0.05) is 77.1 Å². The van der Waals surface area contributed by atoms with Crippen molar-refractivity contribution in [2.24, 2.45) is 21.3 Å². The lowest BCUT2D eigenvalue weighted by Crippen LogP contribution is -2.62. The molecule has 2 aromatic heterocycles. The molecule has 2 aliphatic heterocycles. The number of amides is 3. The van der Waals surface area contributed by atoms with Gasteiger partial charge in [-0.05, 0) is 103 Å². The molecule has 0 radical (unpaired) electrons. The first kappa shape index (κ1) is 49.3. The number of benzene rings is 3. The number of para-hydroxylation sites is 1. The number of hydrazine groups is 1. The summed E-state index contributed by atoms with van der Waals surface area (Å²) < 4.78 is 13.9. The van der Waals surface area contributed by atoms with E-state index in [0.29, 0.717) is 37.2 Å². The Balaban J connectivity index is 1.21. The number of nitrogens with one attached hydrogen (secondary N) is 2. The van der Waals surface area contributed by atoms with Crippen LogP contribution in [0.5, 0.6) is 5.75 Å². The summed E-state index contributed by atoms with van der Waals surface area (Å²) in [7, 11) is 3.17. The minimum absolute atomic E-state index is 0.0168. The Morgan fingerprint density at radius 1 is 1.07 bits per heavy atom. The van der Waals surface area contributed by atoms with Gasteiger partial charge >= 0.3 is 5.97 Å². The number of carbonyl (C=O) groups excluding carboxylic acids is 4. The lowest BCUT2D eigenvalue weighted by molar-refractivity contribution is -0.155. The molecule has 68 heavy (non-hydrogen) atoms. The third-order valence-electron chi connectivity index (χ3n) is 13.1. The van der Waals surface area contributed by atoms with Gasteiger partial charge in [0.1, 0.15) is 29.6 Å². The number of nitrogens with zero attached hydrogens (tertiary/aromatic N) is 6. The molecule has 7 rings (SSSR count). The fourth-order valence-corrected chi connectivity index (χ4v) is 9.62. The highest BCUT2D eigenvalue weighted by Gasteiger charge is 2.37. The van der Waals surface area contributed by atoms with Crippen LogP contribution in [0.15, 0.2) is 89.1 Å². The van der Waals surface area contributed by atoms with E-state index in [0.717, 1.165) is 57.4 Å². The van der Waals surface area contributed by atoms with E-state index in [1.165, 1.54) is 21.0 Å². The number of pyridine rings is 1. The van der Waals surface area contributed by atoms with Crippen molar-refractivity contribution in [3.8, 4) is 28.1 Å². The lowest BCUT2D eigenvalue weighted by atomic mass is 9.84. The van der Waals surface area contributed by atoms with Crippen molar-refractivity contribution in [1.82, 2.24) is 30.2 Å². The Labute approximate surface area is 400 Å². The summed E-state index contributed by atoms with van der Waals surface area (Å²) in [5.74, 6) is -1.29. The number of aromatic nitrogens is 2. The lowest BCUT2D eigenvalue weighted by Gasteiger charge is -2.36. The van der Waals surface area contributed by atoms with E-state index < -0.39 is 35.4 Å². The molecule has 2 aliphatic rings. The normalized spacial score (nSPS) is 17.7. The van der Waals surface area contributed by atoms with E-state index in [9.17, 15) is 19.2 Å². The number of hydrogen-bond donors (Lipinski definition) is 2. The predicted molar refractivity (Wildman–Crippen MR) is 266 cm³/mol. The van der Waals surface area contributed by atoms with Crippen LogP contribution in [0.1, 0.15) is 83.1 Å². The number of cyclic esters (lactones) is 1. The van der Waals surface area contributed by atoms with Crippen molar-refractivity contribution in [2.75, 3.05) is 33.9 Å². The van der Waals surface area contributed by atoms with Crippen LogP contribution in [0.2, 0.25) is 0 Å².